The molecule has 7 heteroatoms. The molecule has 0 aliphatic carbocycles. The molecule has 1 aromatic heterocycles. The molecule has 3 heterocycles. The van der Waals surface area contributed by atoms with E-state index in [1.807, 2.05) is 13.0 Å². The Kier molecular flexibility index (Phi) is 5.50. The van der Waals surface area contributed by atoms with Crippen LogP contribution < -0.4 is 15.5 Å². The standard InChI is InChI=1S/C22H31N5O2/c1-4-26-9-11-27(12-10-26)21-23-14-19(29-21)20(28)25-16(2)13-22(3)15-24-18-8-6-5-7-17(18)22/h5-8,14,16,24H,4,9-13,15H2,1-3H3,(H,25,28). The predicted molar refractivity (Wildman–Crippen MR) is 115 cm³/mol. The summed E-state index contributed by atoms with van der Waals surface area (Å²) in [4.78, 5) is 21.5. The number of hydrogen-bond donors (Lipinski definition) is 2. The van der Waals surface area contributed by atoms with E-state index in [2.05, 4.69) is 57.5 Å². The van der Waals surface area contributed by atoms with Crippen LogP contribution in [0.25, 0.3) is 0 Å². The van der Waals surface area contributed by atoms with E-state index >= 15 is 0 Å². The van der Waals surface area contributed by atoms with E-state index in [4.69, 9.17) is 4.42 Å². The minimum atomic E-state index is -0.203. The molecule has 0 spiro atoms. The minimum absolute atomic E-state index is 0.00514. The average Bonchev–Trinajstić information content (AvgIpc) is 3.34. The number of nitrogens with zero attached hydrogens (tertiary/aromatic N) is 3. The fraction of sp³-hybridized carbons (Fsp3) is 0.545. The molecule has 7 nitrogen and oxygen atoms in total. The SMILES string of the molecule is CCN1CCN(c2ncc(C(=O)NC(C)CC3(C)CNc4ccccc43)o2)CC1. The molecule has 4 rings (SSSR count). The van der Waals surface area contributed by atoms with Gasteiger partial charge in [-0.1, -0.05) is 32.0 Å². The fourth-order valence-electron chi connectivity index (χ4n) is 4.52. The van der Waals surface area contributed by atoms with E-state index in [0.29, 0.717) is 6.01 Å². The number of carbonyl (C=O) groups excluding carboxylic acids is 1. The summed E-state index contributed by atoms with van der Waals surface area (Å²) in [5.74, 6) is 0.0751. The summed E-state index contributed by atoms with van der Waals surface area (Å²) in [6, 6.07) is 8.96. The Labute approximate surface area is 172 Å². The maximum Gasteiger partial charge on any atom is 0.298 e. The van der Waals surface area contributed by atoms with Gasteiger partial charge in [0.1, 0.15) is 0 Å². The molecule has 2 unspecified atom stereocenters. The van der Waals surface area contributed by atoms with Gasteiger partial charge >= 0.3 is 0 Å². The number of rotatable bonds is 6. The Morgan fingerprint density at radius 3 is 2.83 bits per heavy atom. The molecule has 29 heavy (non-hydrogen) atoms. The maximum absolute atomic E-state index is 12.7. The number of likely N-dealkylation sites (N-methyl/N-ethyl adjacent to an activating group) is 1. The van der Waals surface area contributed by atoms with E-state index in [-0.39, 0.29) is 23.1 Å². The lowest BCUT2D eigenvalue weighted by Crippen LogP contribution is -2.46. The van der Waals surface area contributed by atoms with Crippen LogP contribution in [0.4, 0.5) is 11.7 Å². The zero-order valence-corrected chi connectivity index (χ0v) is 17.6. The van der Waals surface area contributed by atoms with E-state index in [1.165, 1.54) is 17.4 Å². The highest BCUT2D eigenvalue weighted by atomic mass is 16.4. The number of nitrogens with one attached hydrogen (secondary N) is 2. The number of anilines is 2. The number of amides is 1. The van der Waals surface area contributed by atoms with Crippen LogP contribution in [0.15, 0.2) is 34.9 Å². The molecular formula is C22H31N5O2. The van der Waals surface area contributed by atoms with Crippen LogP contribution in [0.1, 0.15) is 43.3 Å². The lowest BCUT2D eigenvalue weighted by atomic mass is 9.79. The first-order chi connectivity index (χ1) is 14.0. The second-order valence-electron chi connectivity index (χ2n) is 8.47. The second kappa shape index (κ2) is 8.06. The third-order valence-corrected chi connectivity index (χ3v) is 6.19. The molecule has 2 aliphatic rings. The summed E-state index contributed by atoms with van der Waals surface area (Å²) in [5.41, 5.74) is 2.50. The normalized spacial score (nSPS) is 22.8. The van der Waals surface area contributed by atoms with Crippen LogP contribution in [-0.4, -0.2) is 61.1 Å². The molecule has 2 N–H and O–H groups in total. The van der Waals surface area contributed by atoms with E-state index in [0.717, 1.165) is 45.7 Å². The molecule has 156 valence electrons. The van der Waals surface area contributed by atoms with Gasteiger partial charge in [-0.2, -0.15) is 0 Å². The van der Waals surface area contributed by atoms with Gasteiger partial charge in [0.25, 0.3) is 11.9 Å². The summed E-state index contributed by atoms with van der Waals surface area (Å²) < 4.78 is 5.78. The molecule has 1 saturated heterocycles. The Morgan fingerprint density at radius 1 is 1.31 bits per heavy atom. The smallest absolute Gasteiger partial charge is 0.298 e. The lowest BCUT2D eigenvalue weighted by Gasteiger charge is -2.32. The van der Waals surface area contributed by atoms with Crippen molar-refractivity contribution in [1.82, 2.24) is 15.2 Å². The number of oxazole rings is 1. The van der Waals surface area contributed by atoms with Gasteiger partial charge in [-0.3, -0.25) is 4.79 Å². The van der Waals surface area contributed by atoms with E-state index < -0.39 is 0 Å². The molecule has 1 aromatic carbocycles. The molecule has 0 bridgehead atoms. The predicted octanol–water partition coefficient (Wildman–Crippen LogP) is 2.71. The number of hydrogen-bond acceptors (Lipinski definition) is 6. The molecule has 1 fully saturated rings. The van der Waals surface area contributed by atoms with Crippen molar-refractivity contribution in [2.45, 2.75) is 38.6 Å². The van der Waals surface area contributed by atoms with Gasteiger partial charge < -0.3 is 24.9 Å². The number of carbonyl (C=O) groups is 1. The largest absolute Gasteiger partial charge is 0.418 e. The van der Waals surface area contributed by atoms with Gasteiger partial charge in [-0.15, -0.1) is 0 Å². The first kappa shape index (κ1) is 19.8. The van der Waals surface area contributed by atoms with Crippen molar-refractivity contribution in [2.24, 2.45) is 0 Å². The van der Waals surface area contributed by atoms with Crippen molar-refractivity contribution in [3.63, 3.8) is 0 Å². The quantitative estimate of drug-likeness (QED) is 0.781. The van der Waals surface area contributed by atoms with Gasteiger partial charge in [0.2, 0.25) is 5.76 Å². The van der Waals surface area contributed by atoms with Gasteiger partial charge in [0, 0.05) is 49.9 Å². The number of benzene rings is 1. The molecule has 0 saturated carbocycles. The molecule has 0 radical (unpaired) electrons. The third-order valence-electron chi connectivity index (χ3n) is 6.19. The topological polar surface area (TPSA) is 73.6 Å². The van der Waals surface area contributed by atoms with Gasteiger partial charge in [0.15, 0.2) is 0 Å². The van der Waals surface area contributed by atoms with Crippen molar-refractivity contribution in [2.75, 3.05) is 49.5 Å². The van der Waals surface area contributed by atoms with Crippen molar-refractivity contribution in [3.8, 4) is 0 Å². The van der Waals surface area contributed by atoms with Crippen molar-refractivity contribution in [1.29, 1.82) is 0 Å². The third kappa shape index (κ3) is 4.10. The lowest BCUT2D eigenvalue weighted by molar-refractivity contribution is 0.0906. The summed E-state index contributed by atoms with van der Waals surface area (Å²) in [5, 5.41) is 6.56. The Morgan fingerprint density at radius 2 is 2.07 bits per heavy atom. The van der Waals surface area contributed by atoms with Crippen LogP contribution >= 0.6 is 0 Å². The molecular weight excluding hydrogens is 366 g/mol. The fourth-order valence-corrected chi connectivity index (χ4v) is 4.52. The number of piperazine rings is 1. The molecule has 2 aromatic rings. The van der Waals surface area contributed by atoms with Crippen molar-refractivity contribution >= 4 is 17.6 Å². The highest BCUT2D eigenvalue weighted by Crippen LogP contribution is 2.39. The van der Waals surface area contributed by atoms with Crippen LogP contribution in [0, 0.1) is 0 Å². The van der Waals surface area contributed by atoms with Crippen LogP contribution in [0.5, 0.6) is 0 Å². The van der Waals surface area contributed by atoms with Gasteiger partial charge in [-0.25, -0.2) is 4.98 Å². The van der Waals surface area contributed by atoms with Crippen LogP contribution in [0.2, 0.25) is 0 Å². The Bertz CT molecular complexity index is 858. The Hall–Kier alpha value is -2.54. The molecule has 2 aliphatic heterocycles. The van der Waals surface area contributed by atoms with E-state index in [1.54, 1.807) is 0 Å². The average molecular weight is 398 g/mol. The summed E-state index contributed by atoms with van der Waals surface area (Å²) >= 11 is 0. The number of aromatic nitrogens is 1. The zero-order valence-electron chi connectivity index (χ0n) is 17.6. The maximum atomic E-state index is 12.7. The second-order valence-corrected chi connectivity index (χ2v) is 8.47. The molecule has 1 amide bonds. The highest BCUT2D eigenvalue weighted by Gasteiger charge is 2.35. The van der Waals surface area contributed by atoms with Gasteiger partial charge in [0.05, 0.1) is 6.20 Å². The summed E-state index contributed by atoms with van der Waals surface area (Å²) in [6.07, 6.45) is 2.39. The zero-order chi connectivity index (χ0) is 20.4. The first-order valence-electron chi connectivity index (χ1n) is 10.6. The van der Waals surface area contributed by atoms with Crippen molar-refractivity contribution < 1.29 is 9.21 Å². The summed E-state index contributed by atoms with van der Waals surface area (Å²) in [6.45, 7) is 12.1. The number of para-hydroxylation sites is 1. The van der Waals surface area contributed by atoms with Crippen LogP contribution in [-0.2, 0) is 5.41 Å². The number of fused-ring (bicyclic) bond motifs is 1. The van der Waals surface area contributed by atoms with Crippen LogP contribution in [0.3, 0.4) is 0 Å². The Balaban J connectivity index is 1.35. The monoisotopic (exact) mass is 397 g/mol. The minimum Gasteiger partial charge on any atom is -0.418 e. The van der Waals surface area contributed by atoms with Gasteiger partial charge in [-0.05, 0) is 31.5 Å². The summed E-state index contributed by atoms with van der Waals surface area (Å²) in [7, 11) is 0. The van der Waals surface area contributed by atoms with E-state index in [9.17, 15) is 4.79 Å². The molecule has 2 atom stereocenters. The highest BCUT2D eigenvalue weighted by molar-refractivity contribution is 5.91. The first-order valence-corrected chi connectivity index (χ1v) is 10.6. The van der Waals surface area contributed by atoms with Crippen molar-refractivity contribution in [3.05, 3.63) is 41.8 Å².